The lowest BCUT2D eigenvalue weighted by atomic mass is 9.86. The summed E-state index contributed by atoms with van der Waals surface area (Å²) >= 11 is 5.82. The lowest BCUT2D eigenvalue weighted by molar-refractivity contribution is -0.119. The molecule has 0 aliphatic carbocycles. The van der Waals surface area contributed by atoms with Crippen LogP contribution in [0.25, 0.3) is 0 Å². The summed E-state index contributed by atoms with van der Waals surface area (Å²) in [6, 6.07) is 13.7. The predicted molar refractivity (Wildman–Crippen MR) is 101 cm³/mol. The van der Waals surface area contributed by atoms with Crippen molar-refractivity contribution in [3.8, 4) is 0 Å². The first-order chi connectivity index (χ1) is 11.7. The van der Waals surface area contributed by atoms with Crippen LogP contribution in [0, 0.1) is 0 Å². The van der Waals surface area contributed by atoms with Gasteiger partial charge in [-0.2, -0.15) is 0 Å². The smallest absolute Gasteiger partial charge is 0.251 e. The molecule has 4 nitrogen and oxygen atoms in total. The topological polar surface area (TPSA) is 72.2 Å². The number of nitrogens with one attached hydrogen (secondary N) is 1. The third-order valence-corrected chi connectivity index (χ3v) is 4.27. The van der Waals surface area contributed by atoms with Gasteiger partial charge in [-0.15, -0.1) is 0 Å². The summed E-state index contributed by atoms with van der Waals surface area (Å²) in [6.07, 6.45) is 0.346. The second-order valence-corrected chi connectivity index (χ2v) is 7.52. The van der Waals surface area contributed by atoms with Crippen LogP contribution >= 0.6 is 11.6 Å². The fraction of sp³-hybridized carbons (Fsp3) is 0.300. The first-order valence-electron chi connectivity index (χ1n) is 8.12. The van der Waals surface area contributed by atoms with Gasteiger partial charge < -0.3 is 11.1 Å². The van der Waals surface area contributed by atoms with E-state index in [4.69, 9.17) is 17.3 Å². The fourth-order valence-electron chi connectivity index (χ4n) is 2.44. The van der Waals surface area contributed by atoms with E-state index in [-0.39, 0.29) is 11.3 Å². The highest BCUT2D eigenvalue weighted by atomic mass is 35.5. The molecule has 0 saturated carbocycles. The first-order valence-corrected chi connectivity index (χ1v) is 8.50. The Hall–Kier alpha value is -2.33. The summed E-state index contributed by atoms with van der Waals surface area (Å²) in [5.74, 6) is -0.922. The Kier molecular flexibility index (Phi) is 5.85. The number of rotatable bonds is 5. The van der Waals surface area contributed by atoms with E-state index >= 15 is 0 Å². The van der Waals surface area contributed by atoms with Gasteiger partial charge in [0.1, 0.15) is 6.04 Å². The van der Waals surface area contributed by atoms with Crippen molar-refractivity contribution in [1.29, 1.82) is 0 Å². The quantitative estimate of drug-likeness (QED) is 0.859. The maximum absolute atomic E-state index is 12.3. The maximum atomic E-state index is 12.3. The zero-order chi connectivity index (χ0) is 18.6. The number of carbonyl (C=O) groups excluding carboxylic acids is 2. The van der Waals surface area contributed by atoms with Gasteiger partial charge in [0, 0.05) is 17.0 Å². The van der Waals surface area contributed by atoms with E-state index in [9.17, 15) is 9.59 Å². The molecule has 0 radical (unpaired) electrons. The lowest BCUT2D eigenvalue weighted by Crippen LogP contribution is -2.45. The molecule has 132 valence electrons. The van der Waals surface area contributed by atoms with Gasteiger partial charge in [0.05, 0.1) is 0 Å². The Balaban J connectivity index is 2.09. The average molecular weight is 359 g/mol. The highest BCUT2D eigenvalue weighted by Gasteiger charge is 2.20. The molecule has 25 heavy (non-hydrogen) atoms. The average Bonchev–Trinajstić information content (AvgIpc) is 2.54. The summed E-state index contributed by atoms with van der Waals surface area (Å²) in [6.45, 7) is 6.42. The van der Waals surface area contributed by atoms with E-state index in [1.54, 1.807) is 24.3 Å². The Labute approximate surface area is 153 Å². The van der Waals surface area contributed by atoms with Crippen LogP contribution in [0.4, 0.5) is 0 Å². The third kappa shape index (κ3) is 5.33. The normalized spacial score (nSPS) is 12.5. The molecule has 0 fully saturated rings. The molecular weight excluding hydrogens is 336 g/mol. The summed E-state index contributed by atoms with van der Waals surface area (Å²) < 4.78 is 0. The maximum Gasteiger partial charge on any atom is 0.251 e. The van der Waals surface area contributed by atoms with Gasteiger partial charge in [-0.05, 0) is 40.8 Å². The summed E-state index contributed by atoms with van der Waals surface area (Å²) in [7, 11) is 0. The first kappa shape index (κ1) is 19.0. The highest BCUT2D eigenvalue weighted by Crippen LogP contribution is 2.22. The molecular formula is C20H23ClN2O2. The fourth-order valence-corrected chi connectivity index (χ4v) is 2.57. The molecule has 0 heterocycles. The number of carbonyl (C=O) groups is 2. The van der Waals surface area contributed by atoms with Crippen LogP contribution in [0.2, 0.25) is 5.02 Å². The van der Waals surface area contributed by atoms with E-state index in [0.717, 1.165) is 5.56 Å². The van der Waals surface area contributed by atoms with Gasteiger partial charge in [0.15, 0.2) is 0 Å². The minimum absolute atomic E-state index is 0.0599. The van der Waals surface area contributed by atoms with Gasteiger partial charge >= 0.3 is 0 Å². The summed E-state index contributed by atoms with van der Waals surface area (Å²) in [5, 5.41) is 3.23. The van der Waals surface area contributed by atoms with Crippen molar-refractivity contribution in [2.75, 3.05) is 0 Å². The molecule has 5 heteroatoms. The van der Waals surface area contributed by atoms with Crippen LogP contribution in [-0.2, 0) is 16.6 Å². The van der Waals surface area contributed by atoms with Crippen LogP contribution in [0.5, 0.6) is 0 Å². The van der Waals surface area contributed by atoms with Crippen molar-refractivity contribution in [2.24, 2.45) is 5.73 Å². The molecule has 2 amide bonds. The number of nitrogens with two attached hydrogens (primary N) is 1. The second kappa shape index (κ2) is 7.70. The van der Waals surface area contributed by atoms with E-state index in [0.29, 0.717) is 17.0 Å². The Morgan fingerprint density at radius 2 is 1.60 bits per heavy atom. The monoisotopic (exact) mass is 358 g/mol. The summed E-state index contributed by atoms with van der Waals surface area (Å²) in [5.41, 5.74) is 8.09. The van der Waals surface area contributed by atoms with Crippen molar-refractivity contribution in [3.63, 3.8) is 0 Å². The standard InChI is InChI=1S/C20H23ClN2O2/c1-20(2,3)15-8-4-13(5-9-15)12-17(18(22)24)23-19(25)14-6-10-16(21)11-7-14/h4-11,17H,12H2,1-3H3,(H2,22,24)(H,23,25)/t17-/m1/s1. The highest BCUT2D eigenvalue weighted by molar-refractivity contribution is 6.30. The molecule has 1 atom stereocenters. The number of hydrogen-bond acceptors (Lipinski definition) is 2. The van der Waals surface area contributed by atoms with Gasteiger partial charge in [-0.25, -0.2) is 0 Å². The molecule has 2 rings (SSSR count). The van der Waals surface area contributed by atoms with Crippen molar-refractivity contribution >= 4 is 23.4 Å². The van der Waals surface area contributed by atoms with Crippen molar-refractivity contribution in [1.82, 2.24) is 5.32 Å². The van der Waals surface area contributed by atoms with Crippen LogP contribution in [-0.4, -0.2) is 17.9 Å². The van der Waals surface area contributed by atoms with Gasteiger partial charge in [-0.1, -0.05) is 56.6 Å². The largest absolute Gasteiger partial charge is 0.368 e. The van der Waals surface area contributed by atoms with E-state index in [1.807, 2.05) is 24.3 Å². The van der Waals surface area contributed by atoms with Gasteiger partial charge in [0.2, 0.25) is 5.91 Å². The van der Waals surface area contributed by atoms with Crippen molar-refractivity contribution < 1.29 is 9.59 Å². The molecule has 0 aliphatic rings. The van der Waals surface area contributed by atoms with Crippen molar-refractivity contribution in [3.05, 3.63) is 70.2 Å². The zero-order valence-corrected chi connectivity index (χ0v) is 15.4. The van der Waals surface area contributed by atoms with E-state index in [2.05, 4.69) is 26.1 Å². The van der Waals surface area contributed by atoms with Crippen LogP contribution < -0.4 is 11.1 Å². The molecule has 3 N–H and O–H groups in total. The zero-order valence-electron chi connectivity index (χ0n) is 14.7. The van der Waals surface area contributed by atoms with Crippen LogP contribution in [0.1, 0.15) is 42.3 Å². The number of primary amides is 1. The number of hydrogen-bond donors (Lipinski definition) is 2. The number of halogens is 1. The van der Waals surface area contributed by atoms with Crippen LogP contribution in [0.15, 0.2) is 48.5 Å². The molecule has 0 aliphatic heterocycles. The minimum Gasteiger partial charge on any atom is -0.368 e. The second-order valence-electron chi connectivity index (χ2n) is 7.09. The Morgan fingerprint density at radius 3 is 2.08 bits per heavy atom. The number of amides is 2. The molecule has 0 aromatic heterocycles. The lowest BCUT2D eigenvalue weighted by Gasteiger charge is -2.20. The third-order valence-electron chi connectivity index (χ3n) is 4.01. The van der Waals surface area contributed by atoms with Crippen molar-refractivity contribution in [2.45, 2.75) is 38.6 Å². The molecule has 0 unspecified atom stereocenters. The molecule has 0 saturated heterocycles. The molecule has 0 spiro atoms. The predicted octanol–water partition coefficient (Wildman–Crippen LogP) is 3.46. The SMILES string of the molecule is CC(C)(C)c1ccc(C[C@@H](NC(=O)c2ccc(Cl)cc2)C(N)=O)cc1. The van der Waals surface area contributed by atoms with E-state index < -0.39 is 11.9 Å². The Bertz CT molecular complexity index is 747. The minimum atomic E-state index is -0.774. The number of benzene rings is 2. The van der Waals surface area contributed by atoms with Gasteiger partial charge in [-0.3, -0.25) is 9.59 Å². The van der Waals surface area contributed by atoms with Gasteiger partial charge in [0.25, 0.3) is 5.91 Å². The molecule has 0 bridgehead atoms. The molecule has 2 aromatic rings. The molecule has 2 aromatic carbocycles. The van der Waals surface area contributed by atoms with E-state index in [1.165, 1.54) is 5.56 Å². The Morgan fingerprint density at radius 1 is 1.04 bits per heavy atom. The summed E-state index contributed by atoms with van der Waals surface area (Å²) in [4.78, 5) is 24.0. The van der Waals surface area contributed by atoms with Crippen LogP contribution in [0.3, 0.4) is 0 Å².